The highest BCUT2D eigenvalue weighted by atomic mass is 19.1. The Morgan fingerprint density at radius 3 is 2.57 bits per heavy atom. The smallest absolute Gasteiger partial charge is 0.123 e. The van der Waals surface area contributed by atoms with Crippen molar-refractivity contribution in [1.29, 1.82) is 0 Å². The number of rotatable bonds is 4. The highest BCUT2D eigenvalue weighted by molar-refractivity contribution is 5.90. The van der Waals surface area contributed by atoms with Crippen LogP contribution >= 0.6 is 0 Å². The molecule has 1 aromatic carbocycles. The standard InChI is InChI=1S/C24H25FN4O/c1-28-24(17-3-5-19(25)6-4-17)22(16-7-10-26-11-8-16)23(27-28)18-9-12-29-15-21(30-2)14-20(29)13-18/h3-8,10-11,13,20-21H,9,12,14-15H2,1-2H3. The molecule has 5 rings (SSSR count). The van der Waals surface area contributed by atoms with Crippen LogP contribution in [0.25, 0.3) is 28.0 Å². The largest absolute Gasteiger partial charge is 0.380 e. The Balaban J connectivity index is 1.64. The molecule has 2 atom stereocenters. The highest BCUT2D eigenvalue weighted by Gasteiger charge is 2.34. The van der Waals surface area contributed by atoms with Gasteiger partial charge in [0.25, 0.3) is 0 Å². The van der Waals surface area contributed by atoms with Crippen LogP contribution in [0.1, 0.15) is 18.5 Å². The van der Waals surface area contributed by atoms with Crippen molar-refractivity contribution in [3.05, 3.63) is 66.4 Å². The first-order valence-corrected chi connectivity index (χ1v) is 10.4. The van der Waals surface area contributed by atoms with Crippen molar-refractivity contribution in [2.75, 3.05) is 20.2 Å². The summed E-state index contributed by atoms with van der Waals surface area (Å²) in [7, 11) is 3.75. The van der Waals surface area contributed by atoms with Crippen molar-refractivity contribution in [3.8, 4) is 22.4 Å². The molecule has 0 bridgehead atoms. The van der Waals surface area contributed by atoms with Gasteiger partial charge in [-0.3, -0.25) is 14.6 Å². The Labute approximate surface area is 175 Å². The summed E-state index contributed by atoms with van der Waals surface area (Å²) in [6.07, 6.45) is 8.23. The number of aromatic nitrogens is 3. The van der Waals surface area contributed by atoms with Crippen LogP contribution in [0.4, 0.5) is 4.39 Å². The molecule has 3 aromatic rings. The molecule has 2 aliphatic heterocycles. The number of nitrogens with zero attached hydrogens (tertiary/aromatic N) is 4. The predicted molar refractivity (Wildman–Crippen MR) is 115 cm³/mol. The van der Waals surface area contributed by atoms with Crippen molar-refractivity contribution < 1.29 is 9.13 Å². The van der Waals surface area contributed by atoms with E-state index in [1.54, 1.807) is 19.5 Å². The number of halogens is 1. The molecule has 6 heteroatoms. The van der Waals surface area contributed by atoms with Gasteiger partial charge in [0, 0.05) is 56.8 Å². The molecule has 30 heavy (non-hydrogen) atoms. The summed E-state index contributed by atoms with van der Waals surface area (Å²) in [5.41, 5.74) is 6.35. The van der Waals surface area contributed by atoms with Gasteiger partial charge in [-0.1, -0.05) is 6.08 Å². The summed E-state index contributed by atoms with van der Waals surface area (Å²) in [4.78, 5) is 6.68. The lowest BCUT2D eigenvalue weighted by molar-refractivity contribution is 0.108. The van der Waals surface area contributed by atoms with E-state index in [-0.39, 0.29) is 5.82 Å². The van der Waals surface area contributed by atoms with Crippen LogP contribution < -0.4 is 0 Å². The van der Waals surface area contributed by atoms with Gasteiger partial charge < -0.3 is 4.74 Å². The third-order valence-corrected chi connectivity index (χ3v) is 6.24. The molecule has 4 heterocycles. The van der Waals surface area contributed by atoms with Crippen LogP contribution in [0, 0.1) is 5.82 Å². The van der Waals surface area contributed by atoms with Gasteiger partial charge in [0.1, 0.15) is 5.82 Å². The average Bonchev–Trinajstić information content (AvgIpc) is 3.35. The first-order valence-electron chi connectivity index (χ1n) is 10.4. The summed E-state index contributed by atoms with van der Waals surface area (Å²) in [6, 6.07) is 11.1. The molecule has 0 N–H and O–H groups in total. The van der Waals surface area contributed by atoms with Crippen molar-refractivity contribution >= 4 is 5.57 Å². The van der Waals surface area contributed by atoms with Gasteiger partial charge in [0.15, 0.2) is 0 Å². The number of methoxy groups -OCH3 is 1. The zero-order valence-corrected chi connectivity index (χ0v) is 17.3. The molecule has 1 fully saturated rings. The summed E-state index contributed by atoms with van der Waals surface area (Å²) in [6.45, 7) is 2.00. The Hall–Kier alpha value is -2.83. The number of benzene rings is 1. The minimum atomic E-state index is -0.240. The number of aryl methyl sites for hydroxylation is 1. The number of hydrogen-bond acceptors (Lipinski definition) is 4. The van der Waals surface area contributed by atoms with E-state index in [9.17, 15) is 4.39 Å². The predicted octanol–water partition coefficient (Wildman–Crippen LogP) is 4.16. The van der Waals surface area contributed by atoms with Gasteiger partial charge in [-0.05, 0) is 60.4 Å². The first kappa shape index (κ1) is 19.2. The molecular weight excluding hydrogens is 379 g/mol. The van der Waals surface area contributed by atoms with E-state index < -0.39 is 0 Å². The monoisotopic (exact) mass is 404 g/mol. The first-order chi connectivity index (χ1) is 14.6. The van der Waals surface area contributed by atoms with Crippen LogP contribution in [0.5, 0.6) is 0 Å². The second-order valence-corrected chi connectivity index (χ2v) is 8.04. The number of hydrogen-bond donors (Lipinski definition) is 0. The van der Waals surface area contributed by atoms with Gasteiger partial charge in [0.05, 0.1) is 17.5 Å². The zero-order chi connectivity index (χ0) is 20.7. The summed E-state index contributed by atoms with van der Waals surface area (Å²) in [5, 5.41) is 4.95. The van der Waals surface area contributed by atoms with Gasteiger partial charge >= 0.3 is 0 Å². The fraction of sp³-hybridized carbons (Fsp3) is 0.333. The minimum absolute atomic E-state index is 0.240. The van der Waals surface area contributed by atoms with Gasteiger partial charge in [-0.25, -0.2) is 4.39 Å². The molecule has 0 amide bonds. The minimum Gasteiger partial charge on any atom is -0.380 e. The quantitative estimate of drug-likeness (QED) is 0.655. The van der Waals surface area contributed by atoms with E-state index in [4.69, 9.17) is 9.84 Å². The third-order valence-electron chi connectivity index (χ3n) is 6.24. The normalized spacial score (nSPS) is 21.5. The van der Waals surface area contributed by atoms with Crippen LogP contribution in [0.3, 0.4) is 0 Å². The molecule has 5 nitrogen and oxygen atoms in total. The average molecular weight is 404 g/mol. The van der Waals surface area contributed by atoms with Crippen molar-refractivity contribution in [3.63, 3.8) is 0 Å². The molecule has 0 aliphatic carbocycles. The van der Waals surface area contributed by atoms with Crippen molar-refractivity contribution in [1.82, 2.24) is 19.7 Å². The molecule has 2 aliphatic rings. The molecular formula is C24H25FN4O. The Morgan fingerprint density at radius 2 is 1.83 bits per heavy atom. The third kappa shape index (κ3) is 3.36. The van der Waals surface area contributed by atoms with Crippen LogP contribution in [0.2, 0.25) is 0 Å². The molecule has 0 spiro atoms. The molecule has 2 unspecified atom stereocenters. The lowest BCUT2D eigenvalue weighted by atomic mass is 9.92. The van der Waals surface area contributed by atoms with Gasteiger partial charge in [-0.15, -0.1) is 0 Å². The molecule has 2 aromatic heterocycles. The fourth-order valence-corrected chi connectivity index (χ4v) is 4.75. The highest BCUT2D eigenvalue weighted by Crippen LogP contribution is 2.40. The van der Waals surface area contributed by atoms with E-state index in [1.807, 2.05) is 36.0 Å². The Morgan fingerprint density at radius 1 is 1.07 bits per heavy atom. The van der Waals surface area contributed by atoms with Crippen molar-refractivity contribution in [2.24, 2.45) is 7.05 Å². The Bertz CT molecular complexity index is 1070. The molecule has 0 saturated carbocycles. The fourth-order valence-electron chi connectivity index (χ4n) is 4.75. The topological polar surface area (TPSA) is 43.2 Å². The molecule has 0 radical (unpaired) electrons. The van der Waals surface area contributed by atoms with Gasteiger partial charge in [0.2, 0.25) is 0 Å². The van der Waals surface area contributed by atoms with E-state index in [0.29, 0.717) is 12.1 Å². The second kappa shape index (κ2) is 7.78. The number of ether oxygens (including phenoxy) is 1. The maximum Gasteiger partial charge on any atom is 0.123 e. The maximum absolute atomic E-state index is 13.6. The molecule has 1 saturated heterocycles. The van der Waals surface area contributed by atoms with Crippen LogP contribution in [-0.2, 0) is 11.8 Å². The number of pyridine rings is 1. The summed E-state index contributed by atoms with van der Waals surface area (Å²) >= 11 is 0. The number of fused-ring (bicyclic) bond motifs is 1. The van der Waals surface area contributed by atoms with E-state index in [0.717, 1.165) is 54.0 Å². The SMILES string of the molecule is COC1CC2C=C(c3nn(C)c(-c4ccc(F)cc4)c3-c3ccncc3)CCN2C1. The summed E-state index contributed by atoms with van der Waals surface area (Å²) < 4.78 is 21.1. The summed E-state index contributed by atoms with van der Waals surface area (Å²) in [5.74, 6) is -0.240. The lowest BCUT2D eigenvalue weighted by Crippen LogP contribution is -2.33. The van der Waals surface area contributed by atoms with E-state index >= 15 is 0 Å². The molecule has 154 valence electrons. The van der Waals surface area contributed by atoms with E-state index in [1.165, 1.54) is 17.7 Å². The maximum atomic E-state index is 13.6. The van der Waals surface area contributed by atoms with E-state index in [2.05, 4.69) is 16.0 Å². The van der Waals surface area contributed by atoms with Crippen LogP contribution in [0.15, 0.2) is 54.9 Å². The zero-order valence-electron chi connectivity index (χ0n) is 17.3. The Kier molecular flexibility index (Phi) is 4.97. The lowest BCUT2D eigenvalue weighted by Gasteiger charge is -2.27. The van der Waals surface area contributed by atoms with Crippen LogP contribution in [-0.4, -0.2) is 52.0 Å². The second-order valence-electron chi connectivity index (χ2n) is 8.04. The van der Waals surface area contributed by atoms with Crippen molar-refractivity contribution in [2.45, 2.75) is 25.0 Å². The van der Waals surface area contributed by atoms with Gasteiger partial charge in [-0.2, -0.15) is 5.10 Å².